The smallest absolute Gasteiger partial charge is 0.259 e. The molecule has 1 N–H and O–H groups in total. The van der Waals surface area contributed by atoms with Gasteiger partial charge in [-0.1, -0.05) is 15.9 Å². The van der Waals surface area contributed by atoms with E-state index >= 15 is 0 Å². The quantitative estimate of drug-likeness (QED) is 0.738. The molecule has 124 valence electrons. The second-order valence-electron chi connectivity index (χ2n) is 4.99. The molecule has 0 unspecified atom stereocenters. The highest BCUT2D eigenvalue weighted by Gasteiger charge is 2.16. The van der Waals surface area contributed by atoms with Crippen LogP contribution in [0.4, 0.5) is 0 Å². The highest BCUT2D eigenvalue weighted by atomic mass is 79.9. The summed E-state index contributed by atoms with van der Waals surface area (Å²) in [7, 11) is 4.61. The van der Waals surface area contributed by atoms with Crippen molar-refractivity contribution in [2.45, 2.75) is 0 Å². The van der Waals surface area contributed by atoms with Crippen LogP contribution in [0, 0.1) is 0 Å². The van der Waals surface area contributed by atoms with Crippen LogP contribution in [0.15, 0.2) is 39.6 Å². The Morgan fingerprint density at radius 1 is 1.00 bits per heavy atom. The lowest BCUT2D eigenvalue weighted by Crippen LogP contribution is -2.09. The number of hydrogen-bond donors (Lipinski definition) is 1. The lowest BCUT2D eigenvalue weighted by Gasteiger charge is -2.14. The van der Waals surface area contributed by atoms with Crippen LogP contribution in [0.1, 0.15) is 0 Å². The molecule has 0 fully saturated rings. The van der Waals surface area contributed by atoms with E-state index < -0.39 is 0 Å². The molecule has 0 saturated heterocycles. The topological polar surface area (TPSA) is 73.4 Å². The van der Waals surface area contributed by atoms with Crippen molar-refractivity contribution in [3.63, 3.8) is 0 Å². The lowest BCUT2D eigenvalue weighted by molar-refractivity contribution is 0.324. The van der Waals surface area contributed by atoms with Crippen LogP contribution in [0.3, 0.4) is 0 Å². The van der Waals surface area contributed by atoms with E-state index in [1.165, 1.54) is 21.3 Å². The molecule has 7 heteroatoms. The first-order valence-electron chi connectivity index (χ1n) is 7.07. The zero-order chi connectivity index (χ0) is 17.3. The van der Waals surface area contributed by atoms with Gasteiger partial charge in [0.25, 0.3) is 5.56 Å². The third-order valence-electron chi connectivity index (χ3n) is 3.61. The van der Waals surface area contributed by atoms with Gasteiger partial charge in [-0.15, -0.1) is 0 Å². The molecule has 3 rings (SSSR count). The molecule has 1 aromatic heterocycles. The van der Waals surface area contributed by atoms with Gasteiger partial charge in [-0.05, 0) is 30.3 Å². The minimum atomic E-state index is -0.218. The Morgan fingerprint density at radius 2 is 1.67 bits per heavy atom. The highest BCUT2D eigenvalue weighted by molar-refractivity contribution is 9.10. The van der Waals surface area contributed by atoms with Crippen molar-refractivity contribution in [1.82, 2.24) is 9.97 Å². The maximum atomic E-state index is 12.4. The monoisotopic (exact) mass is 390 g/mol. The Labute approximate surface area is 146 Å². The summed E-state index contributed by atoms with van der Waals surface area (Å²) in [5, 5.41) is 0.514. The van der Waals surface area contributed by atoms with Crippen LogP contribution < -0.4 is 19.8 Å². The fourth-order valence-corrected chi connectivity index (χ4v) is 2.83. The first kappa shape index (κ1) is 16.3. The van der Waals surface area contributed by atoms with Crippen LogP contribution in [0.2, 0.25) is 0 Å². The number of hydrogen-bond acceptors (Lipinski definition) is 5. The molecule has 1 heterocycles. The SMILES string of the molecule is COc1cc(-c2nc3ccc(Br)cc3c(=O)[nH]2)cc(OC)c1OC. The second-order valence-corrected chi connectivity index (χ2v) is 5.91. The number of nitrogens with zero attached hydrogens (tertiary/aromatic N) is 1. The van der Waals surface area contributed by atoms with Crippen molar-refractivity contribution in [2.75, 3.05) is 21.3 Å². The van der Waals surface area contributed by atoms with E-state index in [9.17, 15) is 4.79 Å². The minimum Gasteiger partial charge on any atom is -0.493 e. The van der Waals surface area contributed by atoms with E-state index in [2.05, 4.69) is 25.9 Å². The average Bonchev–Trinajstić information content (AvgIpc) is 2.60. The summed E-state index contributed by atoms with van der Waals surface area (Å²) in [6, 6.07) is 8.85. The lowest BCUT2D eigenvalue weighted by atomic mass is 10.1. The van der Waals surface area contributed by atoms with Crippen molar-refractivity contribution in [2.24, 2.45) is 0 Å². The average molecular weight is 391 g/mol. The van der Waals surface area contributed by atoms with Gasteiger partial charge in [0.1, 0.15) is 5.82 Å². The van der Waals surface area contributed by atoms with Gasteiger partial charge in [0.15, 0.2) is 11.5 Å². The number of nitrogens with one attached hydrogen (secondary N) is 1. The molecule has 6 nitrogen and oxygen atoms in total. The van der Waals surface area contributed by atoms with E-state index in [1.807, 2.05) is 6.07 Å². The number of rotatable bonds is 4. The van der Waals surface area contributed by atoms with E-state index in [0.29, 0.717) is 39.5 Å². The Bertz CT molecular complexity index is 943. The zero-order valence-corrected chi connectivity index (χ0v) is 14.9. The maximum Gasteiger partial charge on any atom is 0.259 e. The molecule has 0 saturated carbocycles. The van der Waals surface area contributed by atoms with Crippen molar-refractivity contribution in [3.05, 3.63) is 45.2 Å². The van der Waals surface area contributed by atoms with Gasteiger partial charge in [0, 0.05) is 10.0 Å². The first-order valence-corrected chi connectivity index (χ1v) is 7.86. The molecule has 0 aliphatic carbocycles. The van der Waals surface area contributed by atoms with Gasteiger partial charge in [0.05, 0.1) is 32.2 Å². The molecule has 0 spiro atoms. The van der Waals surface area contributed by atoms with E-state index in [0.717, 1.165) is 4.47 Å². The Morgan fingerprint density at radius 3 is 2.25 bits per heavy atom. The number of halogens is 1. The van der Waals surface area contributed by atoms with Crippen LogP contribution >= 0.6 is 15.9 Å². The van der Waals surface area contributed by atoms with Crippen molar-refractivity contribution in [3.8, 4) is 28.6 Å². The summed E-state index contributed by atoms with van der Waals surface area (Å²) in [4.78, 5) is 19.7. The van der Waals surface area contributed by atoms with Crippen molar-refractivity contribution < 1.29 is 14.2 Å². The third-order valence-corrected chi connectivity index (χ3v) is 4.10. The third kappa shape index (κ3) is 2.82. The number of methoxy groups -OCH3 is 3. The number of H-pyrrole nitrogens is 1. The predicted molar refractivity (Wildman–Crippen MR) is 95.2 cm³/mol. The molecule has 0 radical (unpaired) electrons. The normalized spacial score (nSPS) is 10.7. The van der Waals surface area contributed by atoms with Gasteiger partial charge < -0.3 is 19.2 Å². The molecule has 2 aromatic carbocycles. The van der Waals surface area contributed by atoms with Crippen molar-refractivity contribution in [1.29, 1.82) is 0 Å². The number of benzene rings is 2. The minimum absolute atomic E-state index is 0.218. The number of aromatic amines is 1. The van der Waals surface area contributed by atoms with Crippen molar-refractivity contribution >= 4 is 26.8 Å². The van der Waals surface area contributed by atoms with Crippen LogP contribution in [0.25, 0.3) is 22.3 Å². The van der Waals surface area contributed by atoms with Gasteiger partial charge in [-0.3, -0.25) is 4.79 Å². The molecule has 0 aliphatic heterocycles. The Balaban J connectivity index is 2.24. The fraction of sp³-hybridized carbons (Fsp3) is 0.176. The molecule has 3 aromatic rings. The molecular weight excluding hydrogens is 376 g/mol. The molecule has 0 aliphatic rings. The van der Waals surface area contributed by atoms with Crippen LogP contribution in [0.5, 0.6) is 17.2 Å². The summed E-state index contributed by atoms with van der Waals surface area (Å²) in [6.45, 7) is 0. The van der Waals surface area contributed by atoms with Gasteiger partial charge >= 0.3 is 0 Å². The summed E-state index contributed by atoms with van der Waals surface area (Å²) < 4.78 is 16.8. The molecular formula is C17H15BrN2O4. The summed E-state index contributed by atoms with van der Waals surface area (Å²) in [5.41, 5.74) is 1.04. The number of fused-ring (bicyclic) bond motifs is 1. The maximum absolute atomic E-state index is 12.4. The van der Waals surface area contributed by atoms with Gasteiger partial charge in [0.2, 0.25) is 5.75 Å². The standard InChI is InChI=1S/C17H15BrN2O4/c1-22-13-6-9(7-14(23-2)15(13)24-3)16-19-12-5-4-10(18)8-11(12)17(21)20-16/h4-8H,1-3H3,(H,19,20,21). The Kier molecular flexibility index (Phi) is 4.44. The zero-order valence-electron chi connectivity index (χ0n) is 13.3. The van der Waals surface area contributed by atoms with E-state index in [-0.39, 0.29) is 5.56 Å². The van der Waals surface area contributed by atoms with Crippen LogP contribution in [-0.2, 0) is 0 Å². The molecule has 0 amide bonds. The molecule has 0 bridgehead atoms. The molecule has 0 atom stereocenters. The molecule has 24 heavy (non-hydrogen) atoms. The first-order chi connectivity index (χ1) is 11.6. The number of aromatic nitrogens is 2. The highest BCUT2D eigenvalue weighted by Crippen LogP contribution is 2.40. The van der Waals surface area contributed by atoms with Gasteiger partial charge in [-0.25, -0.2) is 4.98 Å². The van der Waals surface area contributed by atoms with E-state index in [1.54, 1.807) is 24.3 Å². The summed E-state index contributed by atoms with van der Waals surface area (Å²) in [5.74, 6) is 1.89. The van der Waals surface area contributed by atoms with E-state index in [4.69, 9.17) is 14.2 Å². The second kappa shape index (κ2) is 6.52. The fourth-order valence-electron chi connectivity index (χ4n) is 2.47. The summed E-state index contributed by atoms with van der Waals surface area (Å²) in [6.07, 6.45) is 0. The predicted octanol–water partition coefficient (Wildman–Crippen LogP) is 3.38. The number of ether oxygens (including phenoxy) is 3. The largest absolute Gasteiger partial charge is 0.493 e. The summed E-state index contributed by atoms with van der Waals surface area (Å²) >= 11 is 3.36. The van der Waals surface area contributed by atoms with Crippen LogP contribution in [-0.4, -0.2) is 31.3 Å². The van der Waals surface area contributed by atoms with Gasteiger partial charge in [-0.2, -0.15) is 0 Å². The Hall–Kier alpha value is -2.54.